The molecule has 2 heterocycles. The van der Waals surface area contributed by atoms with Gasteiger partial charge in [0.05, 0.1) is 6.10 Å². The fourth-order valence-electron chi connectivity index (χ4n) is 2.80. The number of β-amino-alcohol motifs (C(OH)–C–C–N with tert-alkyl or cyclic N) is 1. The third kappa shape index (κ3) is 2.76. The number of carbonyl (C=O) groups is 2. The van der Waals surface area contributed by atoms with Crippen LogP contribution in [-0.4, -0.2) is 47.6 Å². The van der Waals surface area contributed by atoms with E-state index in [1.165, 1.54) is 12.1 Å². The van der Waals surface area contributed by atoms with Crippen molar-refractivity contribution < 1.29 is 19.1 Å². The lowest BCUT2D eigenvalue weighted by Gasteiger charge is -2.36. The lowest BCUT2D eigenvalue weighted by molar-refractivity contribution is -0.141. The van der Waals surface area contributed by atoms with E-state index in [4.69, 9.17) is 0 Å². The number of rotatable bonds is 3. The molecule has 3 rings (SSSR count). The molecule has 0 aromatic heterocycles. The van der Waals surface area contributed by atoms with Gasteiger partial charge < -0.3 is 14.9 Å². The van der Waals surface area contributed by atoms with Crippen LogP contribution in [0.2, 0.25) is 0 Å². The summed E-state index contributed by atoms with van der Waals surface area (Å²) in [4.78, 5) is 27.1. The third-order valence-electron chi connectivity index (χ3n) is 4.01. The highest BCUT2D eigenvalue weighted by Crippen LogP contribution is 2.28. The average Bonchev–Trinajstić information content (AvgIpc) is 2.42. The highest BCUT2D eigenvalue weighted by Gasteiger charge is 2.30. The highest BCUT2D eigenvalue weighted by atomic mass is 19.1. The van der Waals surface area contributed by atoms with Crippen molar-refractivity contribution in [2.45, 2.75) is 25.4 Å². The van der Waals surface area contributed by atoms with Gasteiger partial charge in [-0.25, -0.2) is 4.39 Å². The number of carbonyl (C=O) groups excluding carboxylic acids is 2. The van der Waals surface area contributed by atoms with Crippen molar-refractivity contribution in [3.8, 4) is 0 Å². The first kappa shape index (κ1) is 14.0. The zero-order valence-electron chi connectivity index (χ0n) is 11.6. The molecule has 0 radical (unpaired) electrons. The Balaban J connectivity index is 1.67. The molecule has 1 saturated heterocycles. The maximum Gasteiger partial charge on any atom is 0.227 e. The minimum Gasteiger partial charge on any atom is -0.389 e. The summed E-state index contributed by atoms with van der Waals surface area (Å²) in [6.45, 7) is 1.03. The summed E-state index contributed by atoms with van der Waals surface area (Å²) in [5.41, 5.74) is 1.51. The second-order valence-electron chi connectivity index (χ2n) is 5.52. The van der Waals surface area contributed by atoms with E-state index in [9.17, 15) is 19.1 Å². The molecule has 1 fully saturated rings. The number of aliphatic hydroxyl groups is 1. The topological polar surface area (TPSA) is 60.9 Å². The smallest absolute Gasteiger partial charge is 0.227 e. The van der Waals surface area contributed by atoms with Gasteiger partial charge >= 0.3 is 0 Å². The summed E-state index contributed by atoms with van der Waals surface area (Å²) >= 11 is 0. The summed E-state index contributed by atoms with van der Waals surface area (Å²) in [7, 11) is 0. The average molecular weight is 292 g/mol. The van der Waals surface area contributed by atoms with Crippen molar-refractivity contribution >= 4 is 17.5 Å². The first-order valence-corrected chi connectivity index (χ1v) is 7.09. The van der Waals surface area contributed by atoms with Gasteiger partial charge in [-0.3, -0.25) is 9.59 Å². The SMILES string of the molecule is O=C(CCN1C(=O)CCc2cc(F)ccc21)N1CC(O)C1. The normalized spacial score (nSPS) is 18.5. The Labute approximate surface area is 122 Å². The molecule has 1 aromatic carbocycles. The monoisotopic (exact) mass is 292 g/mol. The molecule has 0 saturated carbocycles. The zero-order chi connectivity index (χ0) is 15.0. The number of fused-ring (bicyclic) bond motifs is 1. The van der Waals surface area contributed by atoms with Crippen molar-refractivity contribution in [1.82, 2.24) is 4.90 Å². The van der Waals surface area contributed by atoms with Crippen LogP contribution in [-0.2, 0) is 16.0 Å². The lowest BCUT2D eigenvalue weighted by atomic mass is 10.0. The highest BCUT2D eigenvalue weighted by molar-refractivity contribution is 5.97. The van der Waals surface area contributed by atoms with Gasteiger partial charge in [0.1, 0.15) is 5.82 Å². The van der Waals surface area contributed by atoms with Crippen LogP contribution in [0.15, 0.2) is 18.2 Å². The fraction of sp³-hybridized carbons (Fsp3) is 0.467. The van der Waals surface area contributed by atoms with E-state index in [0.29, 0.717) is 38.2 Å². The Morgan fingerprint density at radius 1 is 1.33 bits per heavy atom. The molecule has 1 aromatic rings. The molecule has 2 amide bonds. The van der Waals surface area contributed by atoms with E-state index in [1.54, 1.807) is 15.9 Å². The Morgan fingerprint density at radius 3 is 2.81 bits per heavy atom. The van der Waals surface area contributed by atoms with Gasteiger partial charge in [-0.1, -0.05) is 0 Å². The Kier molecular flexibility index (Phi) is 3.63. The predicted octanol–water partition coefficient (Wildman–Crippen LogP) is 0.698. The van der Waals surface area contributed by atoms with Crippen LogP contribution in [0, 0.1) is 5.82 Å². The van der Waals surface area contributed by atoms with Gasteiger partial charge in [0.25, 0.3) is 0 Å². The summed E-state index contributed by atoms with van der Waals surface area (Å²) in [6.07, 6.45) is 0.672. The molecule has 2 aliphatic heterocycles. The van der Waals surface area contributed by atoms with E-state index in [-0.39, 0.29) is 24.1 Å². The molecule has 0 bridgehead atoms. The van der Waals surface area contributed by atoms with E-state index in [0.717, 1.165) is 5.56 Å². The molecule has 1 N–H and O–H groups in total. The van der Waals surface area contributed by atoms with Crippen LogP contribution in [0.4, 0.5) is 10.1 Å². The predicted molar refractivity (Wildman–Crippen MR) is 74.3 cm³/mol. The van der Waals surface area contributed by atoms with E-state index in [1.807, 2.05) is 0 Å². The van der Waals surface area contributed by atoms with E-state index >= 15 is 0 Å². The van der Waals surface area contributed by atoms with Crippen LogP contribution >= 0.6 is 0 Å². The van der Waals surface area contributed by atoms with Crippen LogP contribution in [0.25, 0.3) is 0 Å². The van der Waals surface area contributed by atoms with Crippen molar-refractivity contribution in [2.24, 2.45) is 0 Å². The standard InChI is InChI=1S/C15H17FN2O3/c16-11-2-3-13-10(7-11)1-4-15(21)18(13)6-5-14(20)17-8-12(19)9-17/h2-3,7,12,19H,1,4-6,8-9H2. The Hall–Kier alpha value is -1.95. The number of amides is 2. The molecule has 21 heavy (non-hydrogen) atoms. The second kappa shape index (κ2) is 5.44. The maximum absolute atomic E-state index is 13.2. The first-order chi connectivity index (χ1) is 10.0. The number of aryl methyl sites for hydroxylation is 1. The van der Waals surface area contributed by atoms with Crippen LogP contribution in [0.1, 0.15) is 18.4 Å². The van der Waals surface area contributed by atoms with E-state index in [2.05, 4.69) is 0 Å². The third-order valence-corrected chi connectivity index (χ3v) is 4.01. The molecule has 0 atom stereocenters. The molecule has 0 unspecified atom stereocenters. The van der Waals surface area contributed by atoms with E-state index < -0.39 is 6.10 Å². The summed E-state index contributed by atoms with van der Waals surface area (Å²) in [5, 5.41) is 9.19. The summed E-state index contributed by atoms with van der Waals surface area (Å²) < 4.78 is 13.2. The zero-order valence-corrected chi connectivity index (χ0v) is 11.6. The number of hydrogen-bond donors (Lipinski definition) is 1. The molecule has 2 aliphatic rings. The van der Waals surface area contributed by atoms with Gasteiger partial charge in [-0.2, -0.15) is 0 Å². The minimum atomic E-state index is -0.422. The second-order valence-corrected chi connectivity index (χ2v) is 5.52. The number of benzene rings is 1. The van der Waals surface area contributed by atoms with Crippen molar-refractivity contribution in [3.05, 3.63) is 29.6 Å². The fourth-order valence-corrected chi connectivity index (χ4v) is 2.80. The van der Waals surface area contributed by atoms with Crippen LogP contribution in [0.5, 0.6) is 0 Å². The van der Waals surface area contributed by atoms with Gasteiger partial charge in [0.2, 0.25) is 11.8 Å². The number of anilines is 1. The number of nitrogens with zero attached hydrogens (tertiary/aromatic N) is 2. The Bertz CT molecular complexity index is 584. The van der Waals surface area contributed by atoms with Crippen molar-refractivity contribution in [3.63, 3.8) is 0 Å². The molecule has 112 valence electrons. The van der Waals surface area contributed by atoms with Gasteiger partial charge in [0.15, 0.2) is 0 Å². The molecular formula is C15H17FN2O3. The molecule has 5 nitrogen and oxygen atoms in total. The van der Waals surface area contributed by atoms with Crippen molar-refractivity contribution in [2.75, 3.05) is 24.5 Å². The molecule has 0 aliphatic carbocycles. The minimum absolute atomic E-state index is 0.0365. The van der Waals surface area contributed by atoms with Crippen LogP contribution < -0.4 is 4.90 Å². The van der Waals surface area contributed by atoms with Crippen LogP contribution in [0.3, 0.4) is 0 Å². The van der Waals surface area contributed by atoms with Gasteiger partial charge in [-0.05, 0) is 30.2 Å². The first-order valence-electron chi connectivity index (χ1n) is 7.09. The lowest BCUT2D eigenvalue weighted by Crippen LogP contribution is -2.54. The number of hydrogen-bond acceptors (Lipinski definition) is 3. The van der Waals surface area contributed by atoms with Crippen molar-refractivity contribution in [1.29, 1.82) is 0 Å². The van der Waals surface area contributed by atoms with Gasteiger partial charge in [-0.15, -0.1) is 0 Å². The number of halogens is 1. The molecular weight excluding hydrogens is 275 g/mol. The maximum atomic E-state index is 13.2. The number of likely N-dealkylation sites (tertiary alicyclic amines) is 1. The van der Waals surface area contributed by atoms with Gasteiger partial charge in [0, 0.05) is 38.2 Å². The summed E-state index contributed by atoms with van der Waals surface area (Å²) in [5.74, 6) is -0.415. The largest absolute Gasteiger partial charge is 0.389 e. The summed E-state index contributed by atoms with van der Waals surface area (Å²) in [6, 6.07) is 4.38. The number of aliphatic hydroxyl groups excluding tert-OH is 1. The quantitative estimate of drug-likeness (QED) is 0.892. The molecule has 6 heteroatoms. The Morgan fingerprint density at radius 2 is 2.10 bits per heavy atom. The molecule has 0 spiro atoms.